The Balaban J connectivity index is 2.70. The summed E-state index contributed by atoms with van der Waals surface area (Å²) < 4.78 is 4.81. The van der Waals surface area contributed by atoms with Crippen LogP contribution in [0.2, 0.25) is 19.1 Å². The number of ether oxygens (including phenoxy) is 1. The molecular formula is C21H25NO3Si. The molecule has 0 aromatic heterocycles. The Morgan fingerprint density at radius 1 is 1.23 bits per heavy atom. The molecule has 2 rings (SSSR count). The number of amides is 1. The van der Waals surface area contributed by atoms with Crippen molar-refractivity contribution in [3.05, 3.63) is 60.3 Å². The van der Waals surface area contributed by atoms with Crippen molar-refractivity contribution in [3.63, 3.8) is 0 Å². The summed E-state index contributed by atoms with van der Waals surface area (Å²) in [5.41, 5.74) is 1.02. The molecule has 136 valence electrons. The average molecular weight is 368 g/mol. The van der Waals surface area contributed by atoms with Crippen LogP contribution >= 0.6 is 0 Å². The molecule has 0 fully saturated rings. The smallest absolute Gasteiger partial charge is 0.354 e. The van der Waals surface area contributed by atoms with E-state index < -0.39 is 14.0 Å². The van der Waals surface area contributed by atoms with E-state index >= 15 is 0 Å². The van der Waals surface area contributed by atoms with Gasteiger partial charge in [0.2, 0.25) is 5.91 Å². The van der Waals surface area contributed by atoms with Gasteiger partial charge in [0.1, 0.15) is 5.70 Å². The highest BCUT2D eigenvalue weighted by Crippen LogP contribution is 2.23. The van der Waals surface area contributed by atoms with E-state index in [1.807, 2.05) is 24.3 Å². The van der Waals surface area contributed by atoms with Gasteiger partial charge in [0.25, 0.3) is 0 Å². The highest BCUT2D eigenvalue weighted by Gasteiger charge is 2.23. The number of methoxy groups -OCH3 is 1. The van der Waals surface area contributed by atoms with Gasteiger partial charge in [0.05, 0.1) is 15.2 Å². The molecule has 2 aromatic carbocycles. The molecule has 0 saturated carbocycles. The topological polar surface area (TPSA) is 55.4 Å². The molecule has 0 atom stereocenters. The van der Waals surface area contributed by atoms with Crippen LogP contribution in [0, 0.1) is 0 Å². The highest BCUT2D eigenvalue weighted by atomic mass is 28.3. The third kappa shape index (κ3) is 4.49. The van der Waals surface area contributed by atoms with Crippen LogP contribution in [0.5, 0.6) is 0 Å². The zero-order valence-electron chi connectivity index (χ0n) is 15.8. The molecule has 26 heavy (non-hydrogen) atoms. The van der Waals surface area contributed by atoms with Crippen LogP contribution < -0.4 is 10.5 Å². The van der Waals surface area contributed by atoms with Crippen LogP contribution in [0.3, 0.4) is 0 Å². The lowest BCUT2D eigenvalue weighted by Gasteiger charge is -2.23. The molecule has 0 radical (unpaired) electrons. The predicted molar refractivity (Wildman–Crippen MR) is 110 cm³/mol. The second kappa shape index (κ2) is 8.14. The van der Waals surface area contributed by atoms with Gasteiger partial charge in [0.15, 0.2) is 0 Å². The van der Waals surface area contributed by atoms with Crippen molar-refractivity contribution in [2.75, 3.05) is 7.11 Å². The summed E-state index contributed by atoms with van der Waals surface area (Å²) in [7, 11) is -0.399. The molecule has 0 saturated heterocycles. The van der Waals surface area contributed by atoms with Gasteiger partial charge in [-0.15, -0.1) is 6.58 Å². The number of benzene rings is 2. The molecule has 1 N–H and O–H groups in total. The van der Waals surface area contributed by atoms with E-state index in [1.54, 1.807) is 6.08 Å². The Morgan fingerprint density at radius 3 is 2.54 bits per heavy atom. The van der Waals surface area contributed by atoms with Crippen molar-refractivity contribution in [1.82, 2.24) is 5.32 Å². The Hall–Kier alpha value is -2.66. The fourth-order valence-electron chi connectivity index (χ4n) is 2.93. The second-order valence-electron chi connectivity index (χ2n) is 6.89. The monoisotopic (exact) mass is 367 g/mol. The third-order valence-corrected chi connectivity index (χ3v) is 7.51. The van der Waals surface area contributed by atoms with Gasteiger partial charge >= 0.3 is 5.97 Å². The standard InChI is InChI=1S/C21H25NO3Si/c1-6-11-26(4,5)18-12-16-9-7-8-10-19(16)17(13-18)14-20(21(24)25-3)22-15(2)23/h6-10,12-14H,1,11H2,2-5H3,(H,22,23)/b20-14-. The number of carbonyl (C=O) groups excluding carboxylic acids is 2. The number of esters is 1. The highest BCUT2D eigenvalue weighted by molar-refractivity contribution is 6.90. The SMILES string of the molecule is C=CC[Si](C)(C)c1cc(/C=C(\NC(C)=O)C(=O)OC)c2ccccc2c1. The van der Waals surface area contributed by atoms with E-state index in [-0.39, 0.29) is 11.6 Å². The van der Waals surface area contributed by atoms with Gasteiger partial charge in [-0.25, -0.2) is 4.79 Å². The number of nitrogens with one attached hydrogen (secondary N) is 1. The lowest BCUT2D eigenvalue weighted by Crippen LogP contribution is -2.40. The van der Waals surface area contributed by atoms with Crippen LogP contribution in [0.4, 0.5) is 0 Å². The molecule has 2 aromatic rings. The van der Waals surface area contributed by atoms with Gasteiger partial charge in [-0.1, -0.05) is 60.8 Å². The summed E-state index contributed by atoms with van der Waals surface area (Å²) in [6.07, 6.45) is 3.66. The van der Waals surface area contributed by atoms with Crippen molar-refractivity contribution in [1.29, 1.82) is 0 Å². The first-order chi connectivity index (χ1) is 12.3. The van der Waals surface area contributed by atoms with Crippen molar-refractivity contribution in [2.24, 2.45) is 0 Å². The predicted octanol–water partition coefficient (Wildman–Crippen LogP) is 3.59. The fourth-order valence-corrected chi connectivity index (χ4v) is 4.98. The summed E-state index contributed by atoms with van der Waals surface area (Å²) in [6, 6.07) is 13.3. The molecule has 5 heteroatoms. The molecule has 0 aliphatic heterocycles. The van der Waals surface area contributed by atoms with Crippen LogP contribution in [-0.4, -0.2) is 27.1 Å². The van der Waals surface area contributed by atoms with Crippen LogP contribution in [0.1, 0.15) is 12.5 Å². The van der Waals surface area contributed by atoms with Gasteiger partial charge in [-0.05, 0) is 28.5 Å². The molecule has 0 bridgehead atoms. The van der Waals surface area contributed by atoms with Crippen LogP contribution in [0.25, 0.3) is 16.8 Å². The van der Waals surface area contributed by atoms with Crippen molar-refractivity contribution < 1.29 is 14.3 Å². The maximum Gasteiger partial charge on any atom is 0.354 e. The van der Waals surface area contributed by atoms with E-state index in [0.717, 1.165) is 22.4 Å². The minimum absolute atomic E-state index is 0.130. The van der Waals surface area contributed by atoms with Crippen molar-refractivity contribution in [2.45, 2.75) is 26.1 Å². The zero-order chi connectivity index (χ0) is 19.3. The van der Waals surface area contributed by atoms with E-state index in [1.165, 1.54) is 19.2 Å². The van der Waals surface area contributed by atoms with E-state index in [4.69, 9.17) is 4.74 Å². The third-order valence-electron chi connectivity index (χ3n) is 4.35. The average Bonchev–Trinajstić information content (AvgIpc) is 2.59. The van der Waals surface area contributed by atoms with Gasteiger partial charge in [0, 0.05) is 6.92 Å². The first-order valence-electron chi connectivity index (χ1n) is 8.50. The van der Waals surface area contributed by atoms with E-state index in [9.17, 15) is 9.59 Å². The molecule has 1 amide bonds. The van der Waals surface area contributed by atoms with Gasteiger partial charge in [-0.2, -0.15) is 0 Å². The van der Waals surface area contributed by atoms with Crippen molar-refractivity contribution >= 4 is 42.0 Å². The molecule has 0 unspecified atom stereocenters. The molecule has 0 heterocycles. The van der Waals surface area contributed by atoms with Gasteiger partial charge < -0.3 is 10.1 Å². The Morgan fingerprint density at radius 2 is 1.92 bits per heavy atom. The largest absolute Gasteiger partial charge is 0.464 e. The van der Waals surface area contributed by atoms with Crippen LogP contribution in [0.15, 0.2) is 54.8 Å². The second-order valence-corrected chi connectivity index (χ2v) is 11.6. The Kier molecular flexibility index (Phi) is 6.16. The molecule has 0 spiro atoms. The van der Waals surface area contributed by atoms with Gasteiger partial charge in [-0.3, -0.25) is 4.79 Å². The number of hydrogen-bond donors (Lipinski definition) is 1. The fraction of sp³-hybridized carbons (Fsp3) is 0.238. The zero-order valence-corrected chi connectivity index (χ0v) is 16.8. The summed E-state index contributed by atoms with van der Waals surface area (Å²) in [6.45, 7) is 9.84. The quantitative estimate of drug-likeness (QED) is 0.367. The van der Waals surface area contributed by atoms with E-state index in [2.05, 4.69) is 43.2 Å². The summed E-state index contributed by atoms with van der Waals surface area (Å²) in [5, 5.41) is 5.97. The number of rotatable bonds is 6. The lowest BCUT2D eigenvalue weighted by atomic mass is 10.0. The summed E-state index contributed by atoms with van der Waals surface area (Å²) >= 11 is 0. The number of allylic oxidation sites excluding steroid dienone is 1. The molecule has 4 nitrogen and oxygen atoms in total. The maximum atomic E-state index is 12.1. The molecule has 0 aliphatic rings. The van der Waals surface area contributed by atoms with E-state index in [0.29, 0.717) is 0 Å². The molecular weight excluding hydrogens is 342 g/mol. The minimum Gasteiger partial charge on any atom is -0.464 e. The Bertz CT molecular complexity index is 884. The first-order valence-corrected chi connectivity index (χ1v) is 11.7. The molecule has 0 aliphatic carbocycles. The number of fused-ring (bicyclic) bond motifs is 1. The van der Waals surface area contributed by atoms with Crippen molar-refractivity contribution in [3.8, 4) is 0 Å². The van der Waals surface area contributed by atoms with Crippen LogP contribution in [-0.2, 0) is 14.3 Å². The Labute approximate surface area is 155 Å². The number of carbonyl (C=O) groups is 2. The minimum atomic E-state index is -1.70. The first kappa shape index (κ1) is 19.7. The summed E-state index contributed by atoms with van der Waals surface area (Å²) in [4.78, 5) is 23.5. The normalized spacial score (nSPS) is 11.9. The maximum absolute atomic E-state index is 12.1. The number of hydrogen-bond acceptors (Lipinski definition) is 3. The lowest BCUT2D eigenvalue weighted by molar-refractivity contribution is -0.137. The summed E-state index contributed by atoms with van der Waals surface area (Å²) in [5.74, 6) is -0.888.